The van der Waals surface area contributed by atoms with Gasteiger partial charge in [0.05, 0.1) is 17.0 Å². The summed E-state index contributed by atoms with van der Waals surface area (Å²) < 4.78 is 3.85. The lowest BCUT2D eigenvalue weighted by atomic mass is 10.00. The van der Waals surface area contributed by atoms with E-state index in [4.69, 9.17) is 9.97 Å². The number of benzene rings is 5. The Morgan fingerprint density at radius 3 is 1.13 bits per heavy atom. The largest absolute Gasteiger partial charge is 0.291 e. The molecule has 7 nitrogen and oxygen atoms in total. The van der Waals surface area contributed by atoms with Gasteiger partial charge in [0.1, 0.15) is 29.9 Å². The number of rotatable bonds is 6. The number of para-hydroxylation sites is 2. The summed E-state index contributed by atoms with van der Waals surface area (Å²) in [4.78, 5) is 9.67. The fourth-order valence-electron chi connectivity index (χ4n) is 5.78. The smallest absolute Gasteiger partial charge is 0.167 e. The molecule has 7 rings (SSSR count). The fraction of sp³-hybridized carbons (Fsp3) is 0. The van der Waals surface area contributed by atoms with Crippen LogP contribution in [-0.2, 0) is 0 Å². The number of nitrogens with zero attached hydrogens (tertiary/aromatic N) is 7. The van der Waals surface area contributed by atoms with Crippen LogP contribution < -0.4 is 0 Å². The Hall–Kier alpha value is -7.01. The molecule has 0 fully saturated rings. The van der Waals surface area contributed by atoms with E-state index < -0.39 is 0 Å². The van der Waals surface area contributed by atoms with Gasteiger partial charge in [0.2, 0.25) is 0 Å². The van der Waals surface area contributed by atoms with Crippen LogP contribution in [-0.4, -0.2) is 19.1 Å². The highest BCUT2D eigenvalue weighted by atomic mass is 15.1. The summed E-state index contributed by atoms with van der Waals surface area (Å²) >= 11 is 0. The lowest BCUT2D eigenvalue weighted by Crippen LogP contribution is -2.04. The Bertz CT molecular complexity index is 2160. The van der Waals surface area contributed by atoms with Gasteiger partial charge in [-0.3, -0.25) is 9.13 Å². The molecule has 0 atom stereocenters. The summed E-state index contributed by atoms with van der Waals surface area (Å²) in [6.45, 7) is 0. The lowest BCUT2D eigenvalue weighted by Gasteiger charge is -2.16. The zero-order valence-corrected chi connectivity index (χ0v) is 24.4. The van der Waals surface area contributed by atoms with E-state index in [9.17, 15) is 15.8 Å². The van der Waals surface area contributed by atoms with Crippen LogP contribution in [0.2, 0.25) is 0 Å². The van der Waals surface area contributed by atoms with Crippen LogP contribution in [0.1, 0.15) is 17.0 Å². The molecule has 0 saturated carbocycles. The summed E-state index contributed by atoms with van der Waals surface area (Å²) in [5.74, 6) is 0.892. The Balaban J connectivity index is 1.55. The standard InChI is InChI=1S/C39H23N7/c40-24-33-31(38-43-34(25-41)36(27-14-5-1-6-15-27)45(38)29-18-9-3-10-19-29)22-13-23-32(33)39-44-35(26-42)37(28-16-7-2-8-17-28)46(39)30-20-11-4-12-21-30/h1-23H. The summed E-state index contributed by atoms with van der Waals surface area (Å²) in [6.07, 6.45) is 0. The molecule has 7 heteroatoms. The summed E-state index contributed by atoms with van der Waals surface area (Å²) in [5, 5.41) is 31.3. The van der Waals surface area contributed by atoms with Gasteiger partial charge in [0, 0.05) is 33.6 Å². The van der Waals surface area contributed by atoms with E-state index in [-0.39, 0.29) is 11.4 Å². The van der Waals surface area contributed by atoms with Crippen molar-refractivity contribution >= 4 is 0 Å². The van der Waals surface area contributed by atoms with Crippen LogP contribution in [0.4, 0.5) is 0 Å². The number of imidazole rings is 2. The maximum atomic E-state index is 10.8. The minimum atomic E-state index is 0.239. The van der Waals surface area contributed by atoms with Crippen molar-refractivity contribution in [2.24, 2.45) is 0 Å². The van der Waals surface area contributed by atoms with Gasteiger partial charge < -0.3 is 0 Å². The topological polar surface area (TPSA) is 107 Å². The normalized spacial score (nSPS) is 10.5. The molecular formula is C39H23N7. The van der Waals surface area contributed by atoms with E-state index in [1.165, 1.54) is 0 Å². The molecule has 0 amide bonds. The van der Waals surface area contributed by atoms with E-state index in [1.54, 1.807) is 0 Å². The first-order valence-corrected chi connectivity index (χ1v) is 14.5. The molecule has 46 heavy (non-hydrogen) atoms. The summed E-state index contributed by atoms with van der Waals surface area (Å²) in [7, 11) is 0. The van der Waals surface area contributed by atoms with Gasteiger partial charge in [0.25, 0.3) is 0 Å². The van der Waals surface area contributed by atoms with E-state index in [0.717, 1.165) is 22.5 Å². The number of aromatic nitrogens is 4. The van der Waals surface area contributed by atoms with Gasteiger partial charge in [-0.25, -0.2) is 9.97 Å². The van der Waals surface area contributed by atoms with E-state index in [1.807, 2.05) is 149 Å². The van der Waals surface area contributed by atoms with Crippen LogP contribution >= 0.6 is 0 Å². The predicted octanol–water partition coefficient (Wildman–Crippen LogP) is 8.34. The maximum Gasteiger partial charge on any atom is 0.167 e. The second-order valence-electron chi connectivity index (χ2n) is 10.4. The molecule has 0 aliphatic carbocycles. The Morgan fingerprint density at radius 2 is 0.783 bits per heavy atom. The Labute approximate surface area is 265 Å². The molecule has 2 aromatic heterocycles. The van der Waals surface area contributed by atoms with Gasteiger partial charge in [-0.2, -0.15) is 15.8 Å². The van der Waals surface area contributed by atoms with E-state index in [2.05, 4.69) is 18.2 Å². The van der Waals surface area contributed by atoms with Crippen molar-refractivity contribution < 1.29 is 0 Å². The SMILES string of the molecule is N#Cc1nc(-c2cccc(-c3nc(C#N)c(-c4ccccc4)n3-c3ccccc3)c2C#N)n(-c2ccccc2)c1-c1ccccc1. The summed E-state index contributed by atoms with van der Waals surface area (Å²) in [6, 6.07) is 51.1. The third-order valence-electron chi connectivity index (χ3n) is 7.75. The molecule has 0 N–H and O–H groups in total. The second-order valence-corrected chi connectivity index (χ2v) is 10.4. The third kappa shape index (κ3) is 4.70. The first kappa shape index (κ1) is 27.8. The maximum absolute atomic E-state index is 10.8. The lowest BCUT2D eigenvalue weighted by molar-refractivity contribution is 1.06. The van der Waals surface area contributed by atoms with Crippen molar-refractivity contribution in [3.63, 3.8) is 0 Å². The Kier molecular flexibility index (Phi) is 7.21. The second kappa shape index (κ2) is 11.9. The van der Waals surface area contributed by atoms with Crippen LogP contribution in [0.25, 0.3) is 56.7 Å². The number of hydrogen-bond donors (Lipinski definition) is 0. The van der Waals surface area contributed by atoms with Crippen LogP contribution in [0, 0.1) is 34.0 Å². The van der Waals surface area contributed by atoms with Gasteiger partial charge in [-0.1, -0.05) is 103 Å². The van der Waals surface area contributed by atoms with Crippen molar-refractivity contribution in [2.45, 2.75) is 0 Å². The first-order chi connectivity index (χ1) is 22.7. The Morgan fingerprint density at radius 1 is 0.413 bits per heavy atom. The average Bonchev–Trinajstić information content (AvgIpc) is 3.72. The van der Waals surface area contributed by atoms with Gasteiger partial charge in [-0.15, -0.1) is 0 Å². The molecule has 0 radical (unpaired) electrons. The van der Waals surface area contributed by atoms with Crippen LogP contribution in [0.5, 0.6) is 0 Å². The predicted molar refractivity (Wildman–Crippen MR) is 177 cm³/mol. The molecule has 214 valence electrons. The molecule has 7 aromatic rings. The third-order valence-corrected chi connectivity index (χ3v) is 7.75. The van der Waals surface area contributed by atoms with Crippen LogP contribution in [0.3, 0.4) is 0 Å². The molecule has 0 bridgehead atoms. The highest BCUT2D eigenvalue weighted by molar-refractivity contribution is 5.84. The zero-order chi connectivity index (χ0) is 31.5. The molecule has 2 heterocycles. The molecule has 0 saturated heterocycles. The van der Waals surface area contributed by atoms with Gasteiger partial charge >= 0.3 is 0 Å². The molecule has 0 aliphatic heterocycles. The fourth-order valence-corrected chi connectivity index (χ4v) is 5.78. The monoisotopic (exact) mass is 589 g/mol. The minimum Gasteiger partial charge on any atom is -0.291 e. The van der Waals surface area contributed by atoms with Crippen molar-refractivity contribution in [2.75, 3.05) is 0 Å². The van der Waals surface area contributed by atoms with Gasteiger partial charge in [0.15, 0.2) is 11.4 Å². The zero-order valence-electron chi connectivity index (χ0n) is 24.4. The van der Waals surface area contributed by atoms with E-state index in [0.29, 0.717) is 39.7 Å². The molecule has 0 aliphatic rings. The average molecular weight is 590 g/mol. The number of hydrogen-bond acceptors (Lipinski definition) is 5. The number of nitriles is 3. The van der Waals surface area contributed by atoms with Crippen molar-refractivity contribution in [3.05, 3.63) is 156 Å². The summed E-state index contributed by atoms with van der Waals surface area (Å²) in [5.41, 5.74) is 6.35. The van der Waals surface area contributed by atoms with Crippen LogP contribution in [0.15, 0.2) is 140 Å². The molecule has 5 aromatic carbocycles. The molecular weight excluding hydrogens is 566 g/mol. The van der Waals surface area contributed by atoms with Crippen molar-refractivity contribution in [1.82, 2.24) is 19.1 Å². The van der Waals surface area contributed by atoms with Crippen molar-refractivity contribution in [3.8, 4) is 74.9 Å². The van der Waals surface area contributed by atoms with Crippen molar-refractivity contribution in [1.29, 1.82) is 15.8 Å². The highest BCUT2D eigenvalue weighted by Gasteiger charge is 2.27. The van der Waals surface area contributed by atoms with Gasteiger partial charge in [-0.05, 0) is 36.4 Å². The highest BCUT2D eigenvalue weighted by Crippen LogP contribution is 2.39. The molecule has 0 unspecified atom stereocenters. The minimum absolute atomic E-state index is 0.239. The van der Waals surface area contributed by atoms with E-state index >= 15 is 0 Å². The first-order valence-electron chi connectivity index (χ1n) is 14.5. The quantitative estimate of drug-likeness (QED) is 0.194. The molecule has 0 spiro atoms.